The fourth-order valence-corrected chi connectivity index (χ4v) is 2.15. The molecular formula is C16H16ClF3N2. The number of aromatic nitrogens is 1. The molecule has 0 atom stereocenters. The zero-order valence-corrected chi connectivity index (χ0v) is 12.5. The van der Waals surface area contributed by atoms with Crippen LogP contribution in [-0.2, 0) is 19.1 Å². The molecule has 118 valence electrons. The summed E-state index contributed by atoms with van der Waals surface area (Å²) in [7, 11) is 0. The standard InChI is InChI=1S/C16H15F3N2.ClH/c1-2-4-11-5-3-8-21-15(11)14-9-13(16(17,18)19)7-6-12(14)10-20;/h2-3,5-9H,1,4,10,20H2;1H. The van der Waals surface area contributed by atoms with Gasteiger partial charge in [-0.2, -0.15) is 13.2 Å². The molecule has 0 amide bonds. The summed E-state index contributed by atoms with van der Waals surface area (Å²) in [5.74, 6) is 0. The first-order valence-corrected chi connectivity index (χ1v) is 6.42. The topological polar surface area (TPSA) is 38.9 Å². The first-order chi connectivity index (χ1) is 9.97. The third kappa shape index (κ3) is 3.87. The highest BCUT2D eigenvalue weighted by Crippen LogP contribution is 2.34. The van der Waals surface area contributed by atoms with E-state index in [2.05, 4.69) is 11.6 Å². The average Bonchev–Trinajstić information content (AvgIpc) is 2.46. The fraction of sp³-hybridized carbons (Fsp3) is 0.188. The maximum atomic E-state index is 12.9. The Labute approximate surface area is 133 Å². The van der Waals surface area contributed by atoms with Crippen molar-refractivity contribution in [2.75, 3.05) is 0 Å². The van der Waals surface area contributed by atoms with Gasteiger partial charge in [0.2, 0.25) is 0 Å². The lowest BCUT2D eigenvalue weighted by molar-refractivity contribution is -0.137. The predicted octanol–water partition coefficient (Wildman–Crippen LogP) is 4.38. The number of benzene rings is 1. The van der Waals surface area contributed by atoms with Gasteiger partial charge in [0.15, 0.2) is 0 Å². The summed E-state index contributed by atoms with van der Waals surface area (Å²) in [6.07, 6.45) is -0.614. The van der Waals surface area contributed by atoms with E-state index in [1.807, 2.05) is 6.07 Å². The summed E-state index contributed by atoms with van der Waals surface area (Å²) < 4.78 is 38.7. The van der Waals surface area contributed by atoms with Crippen LogP contribution in [0.15, 0.2) is 49.2 Å². The highest BCUT2D eigenvalue weighted by Gasteiger charge is 2.31. The zero-order valence-electron chi connectivity index (χ0n) is 11.7. The Kier molecular flexibility index (Phi) is 6.14. The van der Waals surface area contributed by atoms with Gasteiger partial charge in [-0.1, -0.05) is 18.2 Å². The lowest BCUT2D eigenvalue weighted by atomic mass is 9.96. The average molecular weight is 329 g/mol. The van der Waals surface area contributed by atoms with Crippen LogP contribution >= 0.6 is 12.4 Å². The smallest absolute Gasteiger partial charge is 0.326 e. The Balaban J connectivity index is 0.00000242. The molecule has 0 aliphatic rings. The Morgan fingerprint density at radius 3 is 2.50 bits per heavy atom. The van der Waals surface area contributed by atoms with Crippen LogP contribution in [0, 0.1) is 0 Å². The third-order valence-electron chi connectivity index (χ3n) is 3.17. The van der Waals surface area contributed by atoms with Crippen LogP contribution in [0.25, 0.3) is 11.3 Å². The monoisotopic (exact) mass is 328 g/mol. The van der Waals surface area contributed by atoms with Gasteiger partial charge in [-0.15, -0.1) is 19.0 Å². The Morgan fingerprint density at radius 1 is 1.18 bits per heavy atom. The SMILES string of the molecule is C=CCc1cccnc1-c1cc(C(F)(F)F)ccc1CN.Cl. The van der Waals surface area contributed by atoms with Crippen molar-refractivity contribution in [3.63, 3.8) is 0 Å². The van der Waals surface area contributed by atoms with Crippen molar-refractivity contribution in [3.05, 3.63) is 65.9 Å². The molecular weight excluding hydrogens is 313 g/mol. The normalized spacial score (nSPS) is 10.9. The van der Waals surface area contributed by atoms with Crippen molar-refractivity contribution in [3.8, 4) is 11.3 Å². The number of nitrogens with zero attached hydrogens (tertiary/aromatic N) is 1. The lowest BCUT2D eigenvalue weighted by Crippen LogP contribution is -2.08. The van der Waals surface area contributed by atoms with Crippen LogP contribution in [0.1, 0.15) is 16.7 Å². The summed E-state index contributed by atoms with van der Waals surface area (Å²) in [5.41, 5.74) is 7.33. The summed E-state index contributed by atoms with van der Waals surface area (Å²) in [6, 6.07) is 7.13. The minimum atomic E-state index is -4.39. The molecule has 0 fully saturated rings. The second-order valence-electron chi connectivity index (χ2n) is 4.58. The maximum Gasteiger partial charge on any atom is 0.416 e. The fourth-order valence-electron chi connectivity index (χ4n) is 2.15. The Hall–Kier alpha value is -1.85. The van der Waals surface area contributed by atoms with E-state index >= 15 is 0 Å². The van der Waals surface area contributed by atoms with Gasteiger partial charge in [0.25, 0.3) is 0 Å². The van der Waals surface area contributed by atoms with E-state index in [0.717, 1.165) is 17.7 Å². The molecule has 2 aromatic rings. The summed E-state index contributed by atoms with van der Waals surface area (Å²) in [4.78, 5) is 4.23. The van der Waals surface area contributed by atoms with Crippen LogP contribution in [0.2, 0.25) is 0 Å². The van der Waals surface area contributed by atoms with Gasteiger partial charge in [-0.05, 0) is 35.7 Å². The Bertz CT molecular complexity index is 654. The molecule has 0 radical (unpaired) electrons. The van der Waals surface area contributed by atoms with Gasteiger partial charge in [0, 0.05) is 18.3 Å². The zero-order chi connectivity index (χ0) is 15.5. The van der Waals surface area contributed by atoms with E-state index in [4.69, 9.17) is 5.73 Å². The van der Waals surface area contributed by atoms with Crippen molar-refractivity contribution >= 4 is 12.4 Å². The third-order valence-corrected chi connectivity index (χ3v) is 3.17. The molecule has 2 rings (SSSR count). The number of halogens is 4. The van der Waals surface area contributed by atoms with Crippen molar-refractivity contribution in [1.82, 2.24) is 4.98 Å². The predicted molar refractivity (Wildman–Crippen MR) is 83.7 cm³/mol. The minimum Gasteiger partial charge on any atom is -0.326 e. The molecule has 2 N–H and O–H groups in total. The number of pyridine rings is 1. The van der Waals surface area contributed by atoms with Crippen LogP contribution in [-0.4, -0.2) is 4.98 Å². The quantitative estimate of drug-likeness (QED) is 0.846. The van der Waals surface area contributed by atoms with E-state index < -0.39 is 11.7 Å². The molecule has 0 aliphatic carbocycles. The molecule has 0 bridgehead atoms. The molecule has 0 saturated heterocycles. The number of rotatable bonds is 4. The molecule has 2 nitrogen and oxygen atoms in total. The van der Waals surface area contributed by atoms with Gasteiger partial charge in [0.1, 0.15) is 0 Å². The molecule has 1 aromatic heterocycles. The minimum absolute atomic E-state index is 0. The van der Waals surface area contributed by atoms with Gasteiger partial charge in [0.05, 0.1) is 11.3 Å². The first-order valence-electron chi connectivity index (χ1n) is 6.42. The largest absolute Gasteiger partial charge is 0.416 e. The summed E-state index contributed by atoms with van der Waals surface area (Å²) in [6.45, 7) is 3.81. The molecule has 0 spiro atoms. The van der Waals surface area contributed by atoms with Crippen LogP contribution in [0.3, 0.4) is 0 Å². The lowest BCUT2D eigenvalue weighted by Gasteiger charge is -2.14. The Morgan fingerprint density at radius 2 is 1.91 bits per heavy atom. The molecule has 1 heterocycles. The molecule has 22 heavy (non-hydrogen) atoms. The molecule has 0 saturated carbocycles. The highest BCUT2D eigenvalue weighted by atomic mass is 35.5. The van der Waals surface area contributed by atoms with Crippen molar-refractivity contribution < 1.29 is 13.2 Å². The van der Waals surface area contributed by atoms with Gasteiger partial charge in [-0.25, -0.2) is 0 Å². The number of allylic oxidation sites excluding steroid dienone is 1. The second kappa shape index (κ2) is 7.42. The van der Waals surface area contributed by atoms with E-state index in [1.165, 1.54) is 6.07 Å². The van der Waals surface area contributed by atoms with Crippen molar-refractivity contribution in [2.45, 2.75) is 19.1 Å². The molecule has 1 aromatic carbocycles. The van der Waals surface area contributed by atoms with Crippen molar-refractivity contribution in [1.29, 1.82) is 0 Å². The second-order valence-corrected chi connectivity index (χ2v) is 4.58. The van der Waals surface area contributed by atoms with Crippen LogP contribution in [0.5, 0.6) is 0 Å². The molecule has 6 heteroatoms. The number of alkyl halides is 3. The maximum absolute atomic E-state index is 12.9. The first kappa shape index (κ1) is 18.2. The summed E-state index contributed by atoms with van der Waals surface area (Å²) >= 11 is 0. The molecule has 0 unspecified atom stereocenters. The number of nitrogens with two attached hydrogens (primary N) is 1. The van der Waals surface area contributed by atoms with E-state index in [9.17, 15) is 13.2 Å². The van der Waals surface area contributed by atoms with Crippen LogP contribution in [0.4, 0.5) is 13.2 Å². The van der Waals surface area contributed by atoms with Gasteiger partial charge >= 0.3 is 6.18 Å². The van der Waals surface area contributed by atoms with Gasteiger partial charge < -0.3 is 5.73 Å². The van der Waals surface area contributed by atoms with E-state index in [0.29, 0.717) is 23.2 Å². The summed E-state index contributed by atoms with van der Waals surface area (Å²) in [5, 5.41) is 0. The van der Waals surface area contributed by atoms with Crippen LogP contribution < -0.4 is 5.73 Å². The van der Waals surface area contributed by atoms with Crippen molar-refractivity contribution in [2.24, 2.45) is 5.73 Å². The molecule has 0 aliphatic heterocycles. The van der Waals surface area contributed by atoms with Gasteiger partial charge in [-0.3, -0.25) is 4.98 Å². The van der Waals surface area contributed by atoms with E-state index in [-0.39, 0.29) is 19.0 Å². The number of hydrogen-bond donors (Lipinski definition) is 1. The number of hydrogen-bond acceptors (Lipinski definition) is 2. The van der Waals surface area contributed by atoms with E-state index in [1.54, 1.807) is 18.3 Å². The highest BCUT2D eigenvalue weighted by molar-refractivity contribution is 5.85.